The van der Waals surface area contributed by atoms with Crippen LogP contribution < -0.4 is 5.73 Å². The van der Waals surface area contributed by atoms with Crippen molar-refractivity contribution in [1.82, 2.24) is 4.98 Å². The Labute approximate surface area is 80.0 Å². The highest BCUT2D eigenvalue weighted by Gasteiger charge is 2.10. The van der Waals surface area contributed by atoms with E-state index in [1.54, 1.807) is 18.2 Å². The molecular formula is C10H8N2O2. The summed E-state index contributed by atoms with van der Waals surface area (Å²) in [5, 5.41) is 9.63. The number of nitrogens with zero attached hydrogens (tertiary/aromatic N) is 1. The van der Waals surface area contributed by atoms with Gasteiger partial charge in [0.05, 0.1) is 11.2 Å². The topological polar surface area (TPSA) is 76.2 Å². The lowest BCUT2D eigenvalue weighted by Crippen LogP contribution is -2.05. The van der Waals surface area contributed by atoms with Crippen molar-refractivity contribution >= 4 is 22.6 Å². The van der Waals surface area contributed by atoms with E-state index in [1.165, 1.54) is 0 Å². The Kier molecular flexibility index (Phi) is 1.81. The zero-order chi connectivity index (χ0) is 10.1. The van der Waals surface area contributed by atoms with Gasteiger partial charge in [-0.3, -0.25) is 0 Å². The number of nitrogens with two attached hydrogens (primary N) is 1. The third-order valence-corrected chi connectivity index (χ3v) is 1.96. The third-order valence-electron chi connectivity index (χ3n) is 1.96. The molecule has 4 nitrogen and oxygen atoms in total. The van der Waals surface area contributed by atoms with Crippen LogP contribution in [0.3, 0.4) is 0 Å². The lowest BCUT2D eigenvalue weighted by molar-refractivity contribution is 0.0692. The maximum absolute atomic E-state index is 10.7. The van der Waals surface area contributed by atoms with Crippen LogP contribution in [-0.2, 0) is 0 Å². The first kappa shape index (κ1) is 8.50. The summed E-state index contributed by atoms with van der Waals surface area (Å²) < 4.78 is 0. The van der Waals surface area contributed by atoms with Gasteiger partial charge in [-0.2, -0.15) is 0 Å². The number of hydrogen-bond acceptors (Lipinski definition) is 3. The van der Waals surface area contributed by atoms with E-state index in [0.29, 0.717) is 5.52 Å². The number of nitrogen functional groups attached to an aromatic ring is 1. The van der Waals surface area contributed by atoms with Crippen LogP contribution in [0.4, 0.5) is 5.69 Å². The molecule has 1 aromatic heterocycles. The van der Waals surface area contributed by atoms with E-state index in [0.717, 1.165) is 5.39 Å². The van der Waals surface area contributed by atoms with Gasteiger partial charge >= 0.3 is 5.97 Å². The van der Waals surface area contributed by atoms with E-state index in [2.05, 4.69) is 4.98 Å². The fourth-order valence-electron chi connectivity index (χ4n) is 1.30. The van der Waals surface area contributed by atoms with Crippen molar-refractivity contribution < 1.29 is 9.90 Å². The monoisotopic (exact) mass is 188 g/mol. The number of aromatic carboxylic acids is 1. The van der Waals surface area contributed by atoms with Crippen molar-refractivity contribution in [2.75, 3.05) is 5.73 Å². The predicted molar refractivity (Wildman–Crippen MR) is 53.1 cm³/mol. The SMILES string of the molecule is Nc1cc2ccccc2nc1C(=O)O. The molecule has 0 radical (unpaired) electrons. The highest BCUT2D eigenvalue weighted by molar-refractivity contribution is 5.95. The van der Waals surface area contributed by atoms with Gasteiger partial charge in [-0.25, -0.2) is 9.78 Å². The Hall–Kier alpha value is -2.10. The molecule has 0 aliphatic rings. The molecule has 0 atom stereocenters. The van der Waals surface area contributed by atoms with Crippen LogP contribution in [-0.4, -0.2) is 16.1 Å². The minimum atomic E-state index is -1.10. The second-order valence-corrected chi connectivity index (χ2v) is 2.92. The van der Waals surface area contributed by atoms with Crippen molar-refractivity contribution in [1.29, 1.82) is 0 Å². The van der Waals surface area contributed by atoms with Crippen LogP contribution in [0, 0.1) is 0 Å². The van der Waals surface area contributed by atoms with E-state index >= 15 is 0 Å². The number of hydrogen-bond donors (Lipinski definition) is 2. The normalized spacial score (nSPS) is 10.3. The number of carboxylic acid groups (broad SMARTS) is 1. The first-order chi connectivity index (χ1) is 6.68. The van der Waals surface area contributed by atoms with Crippen LogP contribution in [0.5, 0.6) is 0 Å². The molecule has 0 fully saturated rings. The van der Waals surface area contributed by atoms with Gasteiger partial charge in [0.2, 0.25) is 0 Å². The van der Waals surface area contributed by atoms with Gasteiger partial charge in [0, 0.05) is 5.39 Å². The molecule has 0 aliphatic carbocycles. The lowest BCUT2D eigenvalue weighted by Gasteiger charge is -2.02. The molecule has 0 unspecified atom stereocenters. The molecule has 0 spiro atoms. The quantitative estimate of drug-likeness (QED) is 0.711. The summed E-state index contributed by atoms with van der Waals surface area (Å²) in [4.78, 5) is 14.7. The standard InChI is InChI=1S/C10H8N2O2/c11-7-5-6-3-1-2-4-8(6)12-9(7)10(13)14/h1-5H,11H2,(H,13,14). The molecular weight excluding hydrogens is 180 g/mol. The Bertz CT molecular complexity index is 508. The number of carboxylic acids is 1. The second kappa shape index (κ2) is 2.99. The van der Waals surface area contributed by atoms with Crippen LogP contribution in [0.2, 0.25) is 0 Å². The van der Waals surface area contributed by atoms with Crippen molar-refractivity contribution in [3.8, 4) is 0 Å². The fraction of sp³-hybridized carbons (Fsp3) is 0. The minimum Gasteiger partial charge on any atom is -0.476 e. The van der Waals surface area contributed by atoms with E-state index in [1.807, 2.05) is 12.1 Å². The number of fused-ring (bicyclic) bond motifs is 1. The largest absolute Gasteiger partial charge is 0.476 e. The minimum absolute atomic E-state index is 0.0938. The number of carbonyl (C=O) groups is 1. The average molecular weight is 188 g/mol. The number of para-hydroxylation sites is 1. The molecule has 1 heterocycles. The summed E-state index contributed by atoms with van der Waals surface area (Å²) in [6.45, 7) is 0. The molecule has 2 rings (SSSR count). The summed E-state index contributed by atoms with van der Waals surface area (Å²) >= 11 is 0. The molecule has 0 saturated heterocycles. The maximum atomic E-state index is 10.7. The first-order valence-electron chi connectivity index (χ1n) is 4.07. The van der Waals surface area contributed by atoms with Gasteiger partial charge in [0.1, 0.15) is 0 Å². The van der Waals surface area contributed by atoms with Crippen molar-refractivity contribution in [3.05, 3.63) is 36.0 Å². The summed E-state index contributed by atoms with van der Waals surface area (Å²) in [5.74, 6) is -1.10. The molecule has 1 aromatic carbocycles. The van der Waals surface area contributed by atoms with E-state index in [4.69, 9.17) is 10.8 Å². The Morgan fingerprint density at radius 3 is 2.79 bits per heavy atom. The predicted octanol–water partition coefficient (Wildman–Crippen LogP) is 1.52. The molecule has 70 valence electrons. The molecule has 14 heavy (non-hydrogen) atoms. The number of anilines is 1. The van der Waals surface area contributed by atoms with Gasteiger partial charge in [-0.05, 0) is 12.1 Å². The number of pyridine rings is 1. The molecule has 0 saturated carbocycles. The van der Waals surface area contributed by atoms with Crippen molar-refractivity contribution in [3.63, 3.8) is 0 Å². The summed E-state index contributed by atoms with van der Waals surface area (Å²) in [7, 11) is 0. The lowest BCUT2D eigenvalue weighted by atomic mass is 10.2. The number of benzene rings is 1. The highest BCUT2D eigenvalue weighted by Crippen LogP contribution is 2.17. The third kappa shape index (κ3) is 1.26. The van der Waals surface area contributed by atoms with Crippen LogP contribution >= 0.6 is 0 Å². The molecule has 2 aromatic rings. The Morgan fingerprint density at radius 2 is 2.07 bits per heavy atom. The van der Waals surface area contributed by atoms with Crippen LogP contribution in [0.25, 0.3) is 10.9 Å². The van der Waals surface area contributed by atoms with E-state index < -0.39 is 5.97 Å². The van der Waals surface area contributed by atoms with Crippen molar-refractivity contribution in [2.24, 2.45) is 0 Å². The van der Waals surface area contributed by atoms with Crippen LogP contribution in [0.1, 0.15) is 10.5 Å². The Morgan fingerprint density at radius 1 is 1.36 bits per heavy atom. The van der Waals surface area contributed by atoms with Gasteiger partial charge in [0.15, 0.2) is 5.69 Å². The van der Waals surface area contributed by atoms with Gasteiger partial charge in [-0.15, -0.1) is 0 Å². The molecule has 0 amide bonds. The van der Waals surface area contributed by atoms with Crippen LogP contribution in [0.15, 0.2) is 30.3 Å². The summed E-state index contributed by atoms with van der Waals surface area (Å²) in [5.41, 5.74) is 6.28. The highest BCUT2D eigenvalue weighted by atomic mass is 16.4. The number of rotatable bonds is 1. The Balaban J connectivity index is 2.77. The number of aromatic nitrogens is 1. The van der Waals surface area contributed by atoms with Crippen molar-refractivity contribution in [2.45, 2.75) is 0 Å². The summed E-state index contributed by atoms with van der Waals surface area (Å²) in [6, 6.07) is 8.86. The smallest absolute Gasteiger partial charge is 0.356 e. The van der Waals surface area contributed by atoms with E-state index in [9.17, 15) is 4.79 Å². The fourth-order valence-corrected chi connectivity index (χ4v) is 1.30. The molecule has 3 N–H and O–H groups in total. The van der Waals surface area contributed by atoms with Gasteiger partial charge in [-0.1, -0.05) is 18.2 Å². The maximum Gasteiger partial charge on any atom is 0.356 e. The van der Waals surface area contributed by atoms with E-state index in [-0.39, 0.29) is 11.4 Å². The molecule has 0 aliphatic heterocycles. The van der Waals surface area contributed by atoms with Gasteiger partial charge in [0.25, 0.3) is 0 Å². The molecule has 0 bridgehead atoms. The zero-order valence-electron chi connectivity index (χ0n) is 7.27. The summed E-state index contributed by atoms with van der Waals surface area (Å²) in [6.07, 6.45) is 0. The molecule has 4 heteroatoms. The first-order valence-corrected chi connectivity index (χ1v) is 4.07. The average Bonchev–Trinajstić information content (AvgIpc) is 2.16. The van der Waals surface area contributed by atoms with Gasteiger partial charge < -0.3 is 10.8 Å². The second-order valence-electron chi connectivity index (χ2n) is 2.92. The zero-order valence-corrected chi connectivity index (χ0v) is 7.27.